The molecule has 10 nitrogen and oxygen atoms in total. The molecule has 1 amide bonds. The summed E-state index contributed by atoms with van der Waals surface area (Å²) >= 11 is 0. The monoisotopic (exact) mass is 455 g/mol. The molecule has 0 bridgehead atoms. The Kier molecular flexibility index (Phi) is 5.21. The Bertz CT molecular complexity index is 1130. The standard InChI is InChI=1S/C23H25N3O7/c1-13-14(2-3-15-16(13)12-32-21(15)30)18(27)11-25-7-4-23(5-8-25)6-9-26(22(23)31)19-10-17(20(28)29)24-33-19/h2-3,10,18,27H,4-9,11-12H2,1H3,(H,28,29). The van der Waals surface area contributed by atoms with Crippen LogP contribution in [0.25, 0.3) is 0 Å². The van der Waals surface area contributed by atoms with E-state index >= 15 is 0 Å². The molecular weight excluding hydrogens is 430 g/mol. The van der Waals surface area contributed by atoms with Gasteiger partial charge in [-0.25, -0.2) is 9.59 Å². The zero-order valence-electron chi connectivity index (χ0n) is 18.2. The van der Waals surface area contributed by atoms with Crippen LogP contribution < -0.4 is 4.90 Å². The molecular formula is C23H25N3O7. The number of aliphatic hydroxyl groups excluding tert-OH is 1. The SMILES string of the molecule is Cc1c(C(O)CN2CCC3(CC2)CCN(c2cc(C(=O)O)no2)C3=O)ccc2c1COC2=O. The molecule has 1 aromatic heterocycles. The maximum atomic E-state index is 13.2. The molecule has 2 N–H and O–H groups in total. The number of anilines is 1. The number of aromatic carboxylic acids is 1. The van der Waals surface area contributed by atoms with Crippen LogP contribution in [0.15, 0.2) is 22.7 Å². The summed E-state index contributed by atoms with van der Waals surface area (Å²) in [6.07, 6.45) is 1.27. The number of β-amino-alcohol motifs (C(OH)–C–C–N with tert-alkyl or cyclic N) is 1. The number of fused-ring (bicyclic) bond motifs is 1. The Morgan fingerprint density at radius 2 is 1.94 bits per heavy atom. The number of carbonyl (C=O) groups excluding carboxylic acids is 2. The maximum Gasteiger partial charge on any atom is 0.358 e. The first kappa shape index (κ1) is 21.6. The molecule has 2 fully saturated rings. The van der Waals surface area contributed by atoms with Gasteiger partial charge in [-0.15, -0.1) is 0 Å². The van der Waals surface area contributed by atoms with Gasteiger partial charge in [0.25, 0.3) is 0 Å². The van der Waals surface area contributed by atoms with E-state index in [2.05, 4.69) is 10.1 Å². The number of nitrogens with zero attached hydrogens (tertiary/aromatic N) is 3. The van der Waals surface area contributed by atoms with Crippen molar-refractivity contribution in [1.82, 2.24) is 10.1 Å². The summed E-state index contributed by atoms with van der Waals surface area (Å²) in [5.74, 6) is -1.41. The van der Waals surface area contributed by atoms with E-state index in [-0.39, 0.29) is 30.1 Å². The quantitative estimate of drug-likeness (QED) is 0.649. The molecule has 3 aliphatic rings. The smallest absolute Gasteiger partial charge is 0.358 e. The van der Waals surface area contributed by atoms with Crippen LogP contribution in [0.3, 0.4) is 0 Å². The average Bonchev–Trinajstić information content (AvgIpc) is 3.50. The van der Waals surface area contributed by atoms with Crippen molar-refractivity contribution in [3.63, 3.8) is 0 Å². The largest absolute Gasteiger partial charge is 0.476 e. The average molecular weight is 455 g/mol. The van der Waals surface area contributed by atoms with Crippen molar-refractivity contribution in [2.45, 2.75) is 38.9 Å². The second-order valence-electron chi connectivity index (χ2n) is 9.04. The van der Waals surface area contributed by atoms with Crippen LogP contribution >= 0.6 is 0 Å². The summed E-state index contributed by atoms with van der Waals surface area (Å²) in [5.41, 5.74) is 2.35. The van der Waals surface area contributed by atoms with Crippen molar-refractivity contribution in [3.8, 4) is 0 Å². The fourth-order valence-corrected chi connectivity index (χ4v) is 5.22. The van der Waals surface area contributed by atoms with Crippen LogP contribution in [-0.4, -0.2) is 64.3 Å². The number of hydrogen-bond acceptors (Lipinski definition) is 8. The second kappa shape index (κ2) is 7.96. The van der Waals surface area contributed by atoms with Crippen molar-refractivity contribution in [2.75, 3.05) is 31.1 Å². The predicted octanol–water partition coefficient (Wildman–Crippen LogP) is 1.90. The van der Waals surface area contributed by atoms with E-state index in [0.29, 0.717) is 51.0 Å². The lowest BCUT2D eigenvalue weighted by molar-refractivity contribution is -0.128. The lowest BCUT2D eigenvalue weighted by Gasteiger charge is -2.38. The van der Waals surface area contributed by atoms with Gasteiger partial charge in [0.1, 0.15) is 6.61 Å². The van der Waals surface area contributed by atoms with Crippen molar-refractivity contribution < 1.29 is 33.9 Å². The molecule has 174 valence electrons. The molecule has 2 saturated heterocycles. The lowest BCUT2D eigenvalue weighted by Crippen LogP contribution is -2.45. The summed E-state index contributed by atoms with van der Waals surface area (Å²) in [6, 6.07) is 4.78. The fourth-order valence-electron chi connectivity index (χ4n) is 5.22. The van der Waals surface area contributed by atoms with Gasteiger partial charge in [0.15, 0.2) is 5.69 Å². The molecule has 2 aromatic rings. The topological polar surface area (TPSA) is 133 Å². The summed E-state index contributed by atoms with van der Waals surface area (Å²) in [5, 5.41) is 23.4. The van der Waals surface area contributed by atoms with E-state index in [1.807, 2.05) is 6.92 Å². The van der Waals surface area contributed by atoms with Gasteiger partial charge in [-0.1, -0.05) is 11.2 Å². The zero-order valence-corrected chi connectivity index (χ0v) is 18.2. The number of cyclic esters (lactones) is 1. The van der Waals surface area contributed by atoms with Gasteiger partial charge in [-0.3, -0.25) is 9.69 Å². The highest BCUT2D eigenvalue weighted by Gasteiger charge is 2.49. The third kappa shape index (κ3) is 3.59. The molecule has 0 radical (unpaired) electrons. The number of amides is 1. The first-order valence-electron chi connectivity index (χ1n) is 11.0. The summed E-state index contributed by atoms with van der Waals surface area (Å²) in [6.45, 7) is 4.37. The van der Waals surface area contributed by atoms with E-state index < -0.39 is 17.5 Å². The predicted molar refractivity (Wildman–Crippen MR) is 114 cm³/mol. The second-order valence-corrected chi connectivity index (χ2v) is 9.04. The van der Waals surface area contributed by atoms with Crippen LogP contribution in [0.1, 0.15) is 62.9 Å². The molecule has 1 unspecified atom stereocenters. The number of piperidine rings is 1. The molecule has 4 heterocycles. The number of hydrogen-bond donors (Lipinski definition) is 2. The Hall–Kier alpha value is -3.24. The molecule has 1 aromatic carbocycles. The first-order chi connectivity index (χ1) is 15.8. The summed E-state index contributed by atoms with van der Waals surface area (Å²) in [4.78, 5) is 39.6. The van der Waals surface area contributed by atoms with Crippen LogP contribution in [-0.2, 0) is 16.1 Å². The molecule has 3 aliphatic heterocycles. The lowest BCUT2D eigenvalue weighted by atomic mass is 9.77. The van der Waals surface area contributed by atoms with Gasteiger partial charge in [0.2, 0.25) is 11.8 Å². The molecule has 5 rings (SSSR count). The Balaban J connectivity index is 1.22. The van der Waals surface area contributed by atoms with Crippen LogP contribution in [0, 0.1) is 12.3 Å². The molecule has 10 heteroatoms. The van der Waals surface area contributed by atoms with E-state index in [0.717, 1.165) is 16.7 Å². The number of likely N-dealkylation sites (tertiary alicyclic amines) is 1. The van der Waals surface area contributed by atoms with Gasteiger partial charge < -0.3 is 24.4 Å². The number of ether oxygens (including phenoxy) is 1. The van der Waals surface area contributed by atoms with Gasteiger partial charge in [0.05, 0.1) is 17.1 Å². The Labute approximate surface area is 189 Å². The van der Waals surface area contributed by atoms with Crippen LogP contribution in [0.5, 0.6) is 0 Å². The van der Waals surface area contributed by atoms with Crippen LogP contribution in [0.4, 0.5) is 5.88 Å². The minimum absolute atomic E-state index is 0.0603. The highest BCUT2D eigenvalue weighted by atomic mass is 16.5. The number of rotatable bonds is 5. The highest BCUT2D eigenvalue weighted by molar-refractivity contribution is 5.99. The highest BCUT2D eigenvalue weighted by Crippen LogP contribution is 2.43. The van der Waals surface area contributed by atoms with E-state index in [1.165, 1.54) is 11.0 Å². The summed E-state index contributed by atoms with van der Waals surface area (Å²) in [7, 11) is 0. The number of esters is 1. The van der Waals surface area contributed by atoms with Gasteiger partial charge in [-0.05, 0) is 56.5 Å². The van der Waals surface area contributed by atoms with Crippen molar-refractivity contribution in [3.05, 3.63) is 46.1 Å². The van der Waals surface area contributed by atoms with Gasteiger partial charge >= 0.3 is 11.9 Å². The molecule has 0 saturated carbocycles. The number of carboxylic acid groups (broad SMARTS) is 1. The van der Waals surface area contributed by atoms with Gasteiger partial charge in [-0.2, -0.15) is 0 Å². The molecule has 33 heavy (non-hydrogen) atoms. The minimum Gasteiger partial charge on any atom is -0.476 e. The molecule has 0 aliphatic carbocycles. The fraction of sp³-hybridized carbons (Fsp3) is 0.478. The van der Waals surface area contributed by atoms with Crippen molar-refractivity contribution in [1.29, 1.82) is 0 Å². The third-order valence-corrected chi connectivity index (χ3v) is 7.31. The van der Waals surface area contributed by atoms with E-state index in [4.69, 9.17) is 14.4 Å². The zero-order chi connectivity index (χ0) is 23.3. The van der Waals surface area contributed by atoms with Crippen molar-refractivity contribution >= 4 is 23.7 Å². The number of carboxylic acids is 1. The number of carbonyl (C=O) groups is 3. The van der Waals surface area contributed by atoms with E-state index in [9.17, 15) is 19.5 Å². The number of aliphatic hydroxyl groups is 1. The van der Waals surface area contributed by atoms with Crippen molar-refractivity contribution in [2.24, 2.45) is 5.41 Å². The maximum absolute atomic E-state index is 13.2. The number of aromatic nitrogens is 1. The minimum atomic E-state index is -1.20. The third-order valence-electron chi connectivity index (χ3n) is 7.31. The summed E-state index contributed by atoms with van der Waals surface area (Å²) < 4.78 is 10.2. The van der Waals surface area contributed by atoms with E-state index in [1.54, 1.807) is 12.1 Å². The first-order valence-corrected chi connectivity index (χ1v) is 11.0. The molecule has 1 spiro atoms. The van der Waals surface area contributed by atoms with Gasteiger partial charge in [0, 0.05) is 24.7 Å². The Morgan fingerprint density at radius 1 is 1.21 bits per heavy atom. The Morgan fingerprint density at radius 3 is 2.64 bits per heavy atom. The number of benzene rings is 1. The van der Waals surface area contributed by atoms with Crippen LogP contribution in [0.2, 0.25) is 0 Å². The normalized spacial score (nSPS) is 20.8. The molecule has 1 atom stereocenters.